The molecule has 0 saturated heterocycles. The minimum absolute atomic E-state index is 0.189. The number of hydrogen-bond acceptors (Lipinski definition) is 7. The molecule has 198 valence electrons. The quantitative estimate of drug-likeness (QED) is 0.268. The smallest absolute Gasteiger partial charge is 0.255 e. The lowest BCUT2D eigenvalue weighted by Crippen LogP contribution is -2.11. The number of fused-ring (bicyclic) bond motifs is 1. The van der Waals surface area contributed by atoms with Crippen LogP contribution in [0.3, 0.4) is 0 Å². The van der Waals surface area contributed by atoms with E-state index in [-0.39, 0.29) is 11.3 Å². The number of pyridine rings is 1. The van der Waals surface area contributed by atoms with Crippen molar-refractivity contribution in [2.45, 2.75) is 27.7 Å². The number of rotatable bonds is 5. The van der Waals surface area contributed by atoms with Crippen molar-refractivity contribution in [3.05, 3.63) is 96.1 Å². The number of nitrogens with one attached hydrogen (secondary N) is 1. The fraction of sp³-hybridized carbons (Fsp3) is 0.161. The Balaban J connectivity index is 1.52. The molecule has 0 aliphatic heterocycles. The first-order valence-corrected chi connectivity index (χ1v) is 12.7. The molecular formula is C31H28N8O. The number of benzene rings is 2. The molecule has 0 saturated carbocycles. The van der Waals surface area contributed by atoms with E-state index in [0.29, 0.717) is 50.8 Å². The lowest BCUT2D eigenvalue weighted by atomic mass is 9.93. The highest BCUT2D eigenvalue weighted by Crippen LogP contribution is 2.33. The van der Waals surface area contributed by atoms with Crippen LogP contribution in [-0.4, -0.2) is 30.6 Å². The molecule has 1 amide bonds. The summed E-state index contributed by atoms with van der Waals surface area (Å²) in [4.78, 5) is 25.7. The predicted octanol–water partition coefficient (Wildman–Crippen LogP) is 5.97. The Morgan fingerprint density at radius 2 is 1.75 bits per heavy atom. The van der Waals surface area contributed by atoms with Crippen molar-refractivity contribution in [1.29, 1.82) is 5.26 Å². The first kappa shape index (κ1) is 26.3. The zero-order chi connectivity index (χ0) is 28.4. The number of amides is 1. The van der Waals surface area contributed by atoms with Crippen molar-refractivity contribution < 1.29 is 4.79 Å². The molecule has 0 fully saturated rings. The lowest BCUT2D eigenvalue weighted by Gasteiger charge is -2.13. The molecule has 0 radical (unpaired) electrons. The van der Waals surface area contributed by atoms with E-state index in [1.54, 1.807) is 35.1 Å². The molecule has 3 heterocycles. The van der Waals surface area contributed by atoms with Gasteiger partial charge in [-0.05, 0) is 48.7 Å². The molecule has 0 unspecified atom stereocenters. The molecular weight excluding hydrogens is 500 g/mol. The number of carbonyl (C=O) groups is 1. The van der Waals surface area contributed by atoms with Gasteiger partial charge in [-0.25, -0.2) is 14.6 Å². The maximum Gasteiger partial charge on any atom is 0.255 e. The van der Waals surface area contributed by atoms with Crippen LogP contribution in [0.15, 0.2) is 79.3 Å². The fourth-order valence-electron chi connectivity index (χ4n) is 4.27. The largest absolute Gasteiger partial charge is 0.383 e. The third kappa shape index (κ3) is 5.42. The van der Waals surface area contributed by atoms with E-state index in [2.05, 4.69) is 26.3 Å². The SMILES string of the molecule is Cc1ccc(C(=O)Nc2ccc(-c3nn(-c4ccnc(/C(C#N)=C/C(C)(C)C)c4)c4ncnc(N)c34)cc2)cc1. The zero-order valence-corrected chi connectivity index (χ0v) is 22.7. The molecule has 9 nitrogen and oxygen atoms in total. The molecule has 2 aromatic carbocycles. The summed E-state index contributed by atoms with van der Waals surface area (Å²) in [5, 5.41) is 18.2. The molecule has 5 aromatic rings. The summed E-state index contributed by atoms with van der Waals surface area (Å²) in [5.74, 6) is 0.105. The minimum Gasteiger partial charge on any atom is -0.383 e. The van der Waals surface area contributed by atoms with Gasteiger partial charge in [-0.15, -0.1) is 0 Å². The van der Waals surface area contributed by atoms with E-state index in [9.17, 15) is 10.1 Å². The van der Waals surface area contributed by atoms with Crippen LogP contribution in [0.25, 0.3) is 33.6 Å². The highest BCUT2D eigenvalue weighted by molar-refractivity contribution is 6.04. The van der Waals surface area contributed by atoms with Gasteiger partial charge in [0, 0.05) is 23.0 Å². The van der Waals surface area contributed by atoms with E-state index in [1.165, 1.54) is 6.33 Å². The van der Waals surface area contributed by atoms with Crippen molar-refractivity contribution in [2.24, 2.45) is 5.41 Å². The first-order valence-electron chi connectivity index (χ1n) is 12.7. The second-order valence-corrected chi connectivity index (χ2v) is 10.6. The normalized spacial score (nSPS) is 11.8. The third-order valence-electron chi connectivity index (χ3n) is 6.19. The van der Waals surface area contributed by atoms with Gasteiger partial charge in [-0.3, -0.25) is 9.78 Å². The van der Waals surface area contributed by atoms with Gasteiger partial charge in [-0.1, -0.05) is 56.7 Å². The first-order chi connectivity index (χ1) is 19.1. The summed E-state index contributed by atoms with van der Waals surface area (Å²) >= 11 is 0. The maximum atomic E-state index is 12.6. The number of nitriles is 1. The molecule has 0 bridgehead atoms. The van der Waals surface area contributed by atoms with Crippen molar-refractivity contribution >= 4 is 34.0 Å². The van der Waals surface area contributed by atoms with E-state index < -0.39 is 0 Å². The van der Waals surface area contributed by atoms with Crippen LogP contribution in [0.1, 0.15) is 42.4 Å². The Morgan fingerprint density at radius 1 is 1.02 bits per heavy atom. The fourth-order valence-corrected chi connectivity index (χ4v) is 4.27. The number of nitrogens with two attached hydrogens (primary N) is 1. The number of nitrogens with zero attached hydrogens (tertiary/aromatic N) is 6. The Labute approximate surface area is 232 Å². The highest BCUT2D eigenvalue weighted by atomic mass is 16.1. The predicted molar refractivity (Wildman–Crippen MR) is 156 cm³/mol. The third-order valence-corrected chi connectivity index (χ3v) is 6.19. The molecule has 5 rings (SSSR count). The van der Waals surface area contributed by atoms with Crippen molar-refractivity contribution in [2.75, 3.05) is 11.1 Å². The molecule has 3 aromatic heterocycles. The van der Waals surface area contributed by atoms with E-state index in [4.69, 9.17) is 10.8 Å². The minimum atomic E-state index is -0.193. The number of aryl methyl sites for hydroxylation is 1. The average molecular weight is 529 g/mol. The van der Waals surface area contributed by atoms with E-state index in [1.807, 2.05) is 70.2 Å². The van der Waals surface area contributed by atoms with Gasteiger partial charge in [0.2, 0.25) is 0 Å². The molecule has 40 heavy (non-hydrogen) atoms. The Bertz CT molecular complexity index is 1790. The summed E-state index contributed by atoms with van der Waals surface area (Å²) < 4.78 is 1.67. The maximum absolute atomic E-state index is 12.6. The lowest BCUT2D eigenvalue weighted by molar-refractivity contribution is 0.102. The summed E-state index contributed by atoms with van der Waals surface area (Å²) in [6.45, 7) is 8.06. The summed E-state index contributed by atoms with van der Waals surface area (Å²) in [6.07, 6.45) is 4.93. The topological polar surface area (TPSA) is 135 Å². The van der Waals surface area contributed by atoms with Crippen LogP contribution in [-0.2, 0) is 0 Å². The number of anilines is 2. The van der Waals surface area contributed by atoms with Crippen LogP contribution >= 0.6 is 0 Å². The van der Waals surface area contributed by atoms with E-state index >= 15 is 0 Å². The number of aromatic nitrogens is 5. The average Bonchev–Trinajstić information content (AvgIpc) is 3.33. The van der Waals surface area contributed by atoms with Gasteiger partial charge in [0.25, 0.3) is 5.91 Å². The second-order valence-electron chi connectivity index (χ2n) is 10.6. The van der Waals surface area contributed by atoms with Gasteiger partial charge in [0.1, 0.15) is 23.9 Å². The van der Waals surface area contributed by atoms with Crippen molar-refractivity contribution in [1.82, 2.24) is 24.7 Å². The Hall–Kier alpha value is -5.36. The number of hydrogen-bond donors (Lipinski definition) is 2. The zero-order valence-electron chi connectivity index (χ0n) is 22.7. The van der Waals surface area contributed by atoms with Gasteiger partial charge < -0.3 is 11.1 Å². The molecule has 3 N–H and O–H groups in total. The van der Waals surface area contributed by atoms with Gasteiger partial charge in [0.15, 0.2) is 5.65 Å². The second kappa shape index (κ2) is 10.4. The van der Waals surface area contributed by atoms with Crippen molar-refractivity contribution in [3.8, 4) is 23.0 Å². The Kier molecular flexibility index (Phi) is 6.84. The van der Waals surface area contributed by atoms with Crippen LogP contribution in [0.2, 0.25) is 0 Å². The van der Waals surface area contributed by atoms with Crippen molar-refractivity contribution in [3.63, 3.8) is 0 Å². The molecule has 0 aliphatic rings. The van der Waals surface area contributed by atoms with Gasteiger partial charge >= 0.3 is 0 Å². The van der Waals surface area contributed by atoms with Crippen LogP contribution < -0.4 is 11.1 Å². The molecule has 0 atom stereocenters. The number of allylic oxidation sites excluding steroid dienone is 2. The molecule has 9 heteroatoms. The summed E-state index contributed by atoms with van der Waals surface area (Å²) in [5.41, 5.74) is 12.0. The van der Waals surface area contributed by atoms with Gasteiger partial charge in [0.05, 0.1) is 22.3 Å². The van der Waals surface area contributed by atoms with Crippen LogP contribution in [0.5, 0.6) is 0 Å². The monoisotopic (exact) mass is 528 g/mol. The van der Waals surface area contributed by atoms with Crippen LogP contribution in [0, 0.1) is 23.7 Å². The molecule has 0 aliphatic carbocycles. The number of carbonyl (C=O) groups excluding carboxylic acids is 1. The standard InChI is InChI=1S/C31H28N8O/c1-19-5-7-21(8-6-19)30(40)37-23-11-9-20(10-12-23)27-26-28(33)35-18-36-29(26)39(38-27)24-13-14-34-25(15-24)22(17-32)16-31(2,3)4/h5-16,18H,1-4H3,(H,37,40)(H2,33,35,36)/b22-16+. The summed E-state index contributed by atoms with van der Waals surface area (Å²) in [6, 6.07) is 20.6. The number of nitrogen functional groups attached to an aromatic ring is 1. The Morgan fingerprint density at radius 3 is 2.42 bits per heavy atom. The van der Waals surface area contributed by atoms with Crippen LogP contribution in [0.4, 0.5) is 11.5 Å². The summed E-state index contributed by atoms with van der Waals surface area (Å²) in [7, 11) is 0. The molecule has 0 spiro atoms. The van der Waals surface area contributed by atoms with E-state index in [0.717, 1.165) is 11.1 Å². The highest BCUT2D eigenvalue weighted by Gasteiger charge is 2.19. The van der Waals surface area contributed by atoms with Gasteiger partial charge in [-0.2, -0.15) is 10.4 Å².